The number of nitrogens with zero attached hydrogens (tertiary/aromatic N) is 1. The zero-order chi connectivity index (χ0) is 14.4. The zero-order valence-corrected chi connectivity index (χ0v) is 13.7. The molecule has 20 heavy (non-hydrogen) atoms. The van der Waals surface area contributed by atoms with Gasteiger partial charge in [0.15, 0.2) is 0 Å². The van der Waals surface area contributed by atoms with Gasteiger partial charge in [-0.15, -0.1) is 0 Å². The van der Waals surface area contributed by atoms with Crippen LogP contribution in [-0.4, -0.2) is 41.9 Å². The summed E-state index contributed by atoms with van der Waals surface area (Å²) < 4.78 is 5.69. The highest BCUT2D eigenvalue weighted by atomic mass is 79.9. The lowest BCUT2D eigenvalue weighted by Crippen LogP contribution is -2.41. The second-order valence-corrected chi connectivity index (χ2v) is 6.18. The summed E-state index contributed by atoms with van der Waals surface area (Å²) in [7, 11) is 0. The van der Waals surface area contributed by atoms with Crippen LogP contribution >= 0.6 is 27.5 Å². The lowest BCUT2D eigenvalue weighted by Gasteiger charge is -2.32. The van der Waals surface area contributed by atoms with Gasteiger partial charge in [0.2, 0.25) is 5.91 Å². The van der Waals surface area contributed by atoms with Crippen molar-refractivity contribution in [2.75, 3.05) is 25.0 Å². The maximum atomic E-state index is 12.2. The number of hydrogen-bond donors (Lipinski definition) is 0. The van der Waals surface area contributed by atoms with E-state index in [1.807, 2.05) is 29.2 Å². The number of rotatable bonds is 5. The second-order valence-electron chi connectivity index (χ2n) is 4.95. The van der Waals surface area contributed by atoms with Gasteiger partial charge in [0.1, 0.15) is 0 Å². The standard InChI is InChI=1S/C15H19BrClNO2/c16-6-9-20-14-4-7-18(8-5-14)15(19)11-12-2-1-3-13(17)10-12/h1-3,10,14H,4-9,11H2. The Kier molecular flexibility index (Phi) is 6.33. The van der Waals surface area contributed by atoms with Crippen molar-refractivity contribution in [2.24, 2.45) is 0 Å². The molecule has 1 aliphatic rings. The van der Waals surface area contributed by atoms with Gasteiger partial charge in [-0.25, -0.2) is 0 Å². The Morgan fingerprint density at radius 2 is 2.15 bits per heavy atom. The molecule has 0 saturated carbocycles. The van der Waals surface area contributed by atoms with Crippen molar-refractivity contribution in [3.05, 3.63) is 34.9 Å². The molecule has 0 aliphatic carbocycles. The average Bonchev–Trinajstić information content (AvgIpc) is 2.45. The van der Waals surface area contributed by atoms with E-state index in [0.29, 0.717) is 17.5 Å². The average molecular weight is 361 g/mol. The van der Waals surface area contributed by atoms with Crippen molar-refractivity contribution < 1.29 is 9.53 Å². The number of alkyl halides is 1. The smallest absolute Gasteiger partial charge is 0.226 e. The molecule has 3 nitrogen and oxygen atoms in total. The van der Waals surface area contributed by atoms with Crippen molar-refractivity contribution in [2.45, 2.75) is 25.4 Å². The van der Waals surface area contributed by atoms with E-state index in [2.05, 4.69) is 15.9 Å². The van der Waals surface area contributed by atoms with Crippen LogP contribution in [0.1, 0.15) is 18.4 Å². The molecular weight excluding hydrogens is 342 g/mol. The van der Waals surface area contributed by atoms with Crippen molar-refractivity contribution >= 4 is 33.4 Å². The minimum atomic E-state index is 0.172. The fraction of sp³-hybridized carbons (Fsp3) is 0.533. The Bertz CT molecular complexity index is 447. The molecule has 1 aromatic rings. The first-order valence-electron chi connectivity index (χ1n) is 6.89. The summed E-state index contributed by atoms with van der Waals surface area (Å²) in [6.45, 7) is 2.31. The molecule has 1 saturated heterocycles. The molecule has 2 rings (SSSR count). The van der Waals surface area contributed by atoms with Gasteiger partial charge in [0.25, 0.3) is 0 Å². The fourth-order valence-electron chi connectivity index (χ4n) is 2.42. The number of carbonyl (C=O) groups excluding carboxylic acids is 1. The van der Waals surface area contributed by atoms with Gasteiger partial charge in [0, 0.05) is 23.4 Å². The highest BCUT2D eigenvalue weighted by Crippen LogP contribution is 2.16. The van der Waals surface area contributed by atoms with E-state index in [1.54, 1.807) is 0 Å². The van der Waals surface area contributed by atoms with Gasteiger partial charge < -0.3 is 9.64 Å². The number of carbonyl (C=O) groups is 1. The van der Waals surface area contributed by atoms with E-state index in [4.69, 9.17) is 16.3 Å². The summed E-state index contributed by atoms with van der Waals surface area (Å²) in [5.74, 6) is 0.172. The summed E-state index contributed by atoms with van der Waals surface area (Å²) in [5, 5.41) is 1.54. The molecule has 1 fully saturated rings. The van der Waals surface area contributed by atoms with Gasteiger partial charge >= 0.3 is 0 Å². The Morgan fingerprint density at radius 1 is 1.40 bits per heavy atom. The van der Waals surface area contributed by atoms with E-state index in [9.17, 15) is 4.79 Å². The van der Waals surface area contributed by atoms with Gasteiger partial charge in [-0.2, -0.15) is 0 Å². The van der Waals surface area contributed by atoms with Crippen LogP contribution in [0, 0.1) is 0 Å². The van der Waals surface area contributed by atoms with Crippen molar-refractivity contribution in [1.29, 1.82) is 0 Å². The lowest BCUT2D eigenvalue weighted by molar-refractivity contribution is -0.133. The maximum Gasteiger partial charge on any atom is 0.226 e. The van der Waals surface area contributed by atoms with Crippen LogP contribution in [0.4, 0.5) is 0 Å². The van der Waals surface area contributed by atoms with Crippen LogP contribution in [0.5, 0.6) is 0 Å². The van der Waals surface area contributed by atoms with Gasteiger partial charge in [0.05, 0.1) is 19.1 Å². The van der Waals surface area contributed by atoms with Gasteiger partial charge in [-0.3, -0.25) is 4.79 Å². The molecular formula is C15H19BrClNO2. The number of ether oxygens (including phenoxy) is 1. The molecule has 0 spiro atoms. The molecule has 110 valence electrons. The topological polar surface area (TPSA) is 29.5 Å². The number of halogens is 2. The second kappa shape index (κ2) is 8.01. The number of amides is 1. The largest absolute Gasteiger partial charge is 0.377 e. The SMILES string of the molecule is O=C(Cc1cccc(Cl)c1)N1CCC(OCCBr)CC1. The third-order valence-corrected chi connectivity index (χ3v) is 4.03. The molecule has 1 heterocycles. The number of hydrogen-bond acceptors (Lipinski definition) is 2. The first kappa shape index (κ1) is 15.8. The molecule has 0 bridgehead atoms. The minimum Gasteiger partial charge on any atom is -0.377 e. The molecule has 0 atom stereocenters. The van der Waals surface area contributed by atoms with Crippen LogP contribution < -0.4 is 0 Å². The van der Waals surface area contributed by atoms with E-state index in [0.717, 1.165) is 43.4 Å². The number of benzene rings is 1. The van der Waals surface area contributed by atoms with Crippen molar-refractivity contribution in [3.8, 4) is 0 Å². The third-order valence-electron chi connectivity index (χ3n) is 3.47. The molecule has 0 unspecified atom stereocenters. The number of likely N-dealkylation sites (tertiary alicyclic amines) is 1. The van der Waals surface area contributed by atoms with E-state index in [1.165, 1.54) is 0 Å². The van der Waals surface area contributed by atoms with Crippen LogP contribution in [0.25, 0.3) is 0 Å². The molecule has 1 aromatic carbocycles. The first-order chi connectivity index (χ1) is 9.69. The van der Waals surface area contributed by atoms with E-state index in [-0.39, 0.29) is 5.91 Å². The Balaban J connectivity index is 1.80. The van der Waals surface area contributed by atoms with Crippen LogP contribution in [0.3, 0.4) is 0 Å². The minimum absolute atomic E-state index is 0.172. The monoisotopic (exact) mass is 359 g/mol. The summed E-state index contributed by atoms with van der Waals surface area (Å²) in [4.78, 5) is 14.2. The molecule has 0 aromatic heterocycles. The summed E-state index contributed by atoms with van der Waals surface area (Å²) in [6, 6.07) is 7.49. The van der Waals surface area contributed by atoms with Gasteiger partial charge in [-0.1, -0.05) is 39.7 Å². The molecule has 1 aliphatic heterocycles. The van der Waals surface area contributed by atoms with E-state index < -0.39 is 0 Å². The number of piperidine rings is 1. The quantitative estimate of drug-likeness (QED) is 0.754. The predicted molar refractivity (Wildman–Crippen MR) is 84.5 cm³/mol. The zero-order valence-electron chi connectivity index (χ0n) is 11.4. The van der Waals surface area contributed by atoms with Crippen molar-refractivity contribution in [3.63, 3.8) is 0 Å². The lowest BCUT2D eigenvalue weighted by atomic mass is 10.1. The molecule has 0 radical (unpaired) electrons. The fourth-order valence-corrected chi connectivity index (χ4v) is 2.82. The third kappa shape index (κ3) is 4.76. The summed E-state index contributed by atoms with van der Waals surface area (Å²) in [6.07, 6.45) is 2.57. The molecule has 1 amide bonds. The Labute approximate surface area is 133 Å². The van der Waals surface area contributed by atoms with Crippen LogP contribution in [0.2, 0.25) is 5.02 Å². The normalized spacial score (nSPS) is 16.4. The summed E-state index contributed by atoms with van der Waals surface area (Å²) >= 11 is 9.29. The van der Waals surface area contributed by atoms with Crippen molar-refractivity contribution in [1.82, 2.24) is 4.90 Å². The van der Waals surface area contributed by atoms with Crippen LogP contribution in [0.15, 0.2) is 24.3 Å². The Hall–Kier alpha value is -0.580. The molecule has 0 N–H and O–H groups in total. The summed E-state index contributed by atoms with van der Waals surface area (Å²) in [5.41, 5.74) is 0.972. The highest BCUT2D eigenvalue weighted by Gasteiger charge is 2.23. The van der Waals surface area contributed by atoms with Gasteiger partial charge in [-0.05, 0) is 30.5 Å². The Morgan fingerprint density at radius 3 is 2.80 bits per heavy atom. The van der Waals surface area contributed by atoms with E-state index >= 15 is 0 Å². The maximum absolute atomic E-state index is 12.2. The predicted octanol–water partition coefficient (Wildman–Crippen LogP) is 3.29. The first-order valence-corrected chi connectivity index (χ1v) is 8.39. The van der Waals surface area contributed by atoms with Crippen LogP contribution in [-0.2, 0) is 16.0 Å². The molecule has 5 heteroatoms. The highest BCUT2D eigenvalue weighted by molar-refractivity contribution is 9.09.